The molecule has 0 bridgehead atoms. The van der Waals surface area contributed by atoms with Crippen molar-refractivity contribution >= 4 is 5.91 Å². The minimum absolute atomic E-state index is 0.0392. The summed E-state index contributed by atoms with van der Waals surface area (Å²) < 4.78 is 23.2. The van der Waals surface area contributed by atoms with E-state index in [0.717, 1.165) is 0 Å². The Morgan fingerprint density at radius 2 is 2.00 bits per heavy atom. The van der Waals surface area contributed by atoms with E-state index in [1.54, 1.807) is 13.8 Å². The fourth-order valence-corrected chi connectivity index (χ4v) is 0.598. The highest BCUT2D eigenvalue weighted by Gasteiger charge is 2.17. The van der Waals surface area contributed by atoms with Crippen LogP contribution in [0, 0.1) is 5.92 Å². The summed E-state index contributed by atoms with van der Waals surface area (Å²) in [4.78, 5) is 10.9. The van der Waals surface area contributed by atoms with Crippen LogP contribution in [0.3, 0.4) is 0 Å². The van der Waals surface area contributed by atoms with Crippen molar-refractivity contribution in [3.05, 3.63) is 0 Å². The summed E-state index contributed by atoms with van der Waals surface area (Å²) in [6.45, 7) is 2.89. The zero-order valence-electron chi connectivity index (χ0n) is 7.18. The van der Waals surface area contributed by atoms with Crippen LogP contribution in [-0.4, -0.2) is 24.9 Å². The average molecular weight is 180 g/mol. The summed E-state index contributed by atoms with van der Waals surface area (Å²) in [6.07, 6.45) is -2.52. The Balaban J connectivity index is 3.72. The molecule has 0 aliphatic heterocycles. The predicted octanol–water partition coefficient (Wildman–Crippen LogP) is 0.351. The highest BCUT2D eigenvalue weighted by atomic mass is 19.3. The van der Waals surface area contributed by atoms with Crippen molar-refractivity contribution < 1.29 is 13.6 Å². The van der Waals surface area contributed by atoms with Crippen LogP contribution in [0.1, 0.15) is 13.8 Å². The molecule has 0 aromatic carbocycles. The molecule has 0 aliphatic rings. The molecule has 72 valence electrons. The molecule has 0 heterocycles. The molecular weight excluding hydrogens is 166 g/mol. The van der Waals surface area contributed by atoms with Crippen molar-refractivity contribution in [2.24, 2.45) is 11.7 Å². The molecule has 3 nitrogen and oxygen atoms in total. The van der Waals surface area contributed by atoms with E-state index < -0.39 is 24.9 Å². The Hall–Kier alpha value is -0.710. The molecule has 0 aromatic heterocycles. The van der Waals surface area contributed by atoms with Gasteiger partial charge in [-0.25, -0.2) is 8.78 Å². The van der Waals surface area contributed by atoms with Crippen molar-refractivity contribution in [3.63, 3.8) is 0 Å². The lowest BCUT2D eigenvalue weighted by Crippen LogP contribution is -2.45. The van der Waals surface area contributed by atoms with E-state index in [1.165, 1.54) is 0 Å². The number of hydrogen-bond donors (Lipinski definition) is 2. The van der Waals surface area contributed by atoms with Crippen molar-refractivity contribution in [2.75, 3.05) is 6.54 Å². The molecule has 0 rings (SSSR count). The third-order valence-electron chi connectivity index (χ3n) is 1.45. The summed E-state index contributed by atoms with van der Waals surface area (Å²) >= 11 is 0. The van der Waals surface area contributed by atoms with Crippen LogP contribution in [0.25, 0.3) is 0 Å². The number of carbonyl (C=O) groups is 1. The van der Waals surface area contributed by atoms with E-state index in [-0.39, 0.29) is 5.92 Å². The third kappa shape index (κ3) is 4.23. The number of alkyl halides is 2. The van der Waals surface area contributed by atoms with Gasteiger partial charge in [-0.05, 0) is 5.92 Å². The van der Waals surface area contributed by atoms with E-state index in [2.05, 4.69) is 0 Å². The van der Waals surface area contributed by atoms with Gasteiger partial charge < -0.3 is 11.1 Å². The Kier molecular flexibility index (Phi) is 4.73. The lowest BCUT2D eigenvalue weighted by Gasteiger charge is -2.14. The van der Waals surface area contributed by atoms with Crippen LogP contribution < -0.4 is 11.1 Å². The molecule has 0 spiro atoms. The lowest BCUT2D eigenvalue weighted by molar-refractivity contribution is -0.123. The standard InChI is InChI=1S/C7H14F2N2O/c1-4(2)6(10)7(12)11-3-5(8)9/h4-6H,3,10H2,1-2H3,(H,11,12). The second-order valence-corrected chi connectivity index (χ2v) is 2.91. The molecule has 0 saturated carbocycles. The van der Waals surface area contributed by atoms with Gasteiger partial charge in [-0.1, -0.05) is 13.8 Å². The fraction of sp³-hybridized carbons (Fsp3) is 0.857. The van der Waals surface area contributed by atoms with Gasteiger partial charge in [0.2, 0.25) is 5.91 Å². The van der Waals surface area contributed by atoms with Crippen molar-refractivity contribution in [2.45, 2.75) is 26.3 Å². The van der Waals surface area contributed by atoms with Gasteiger partial charge >= 0.3 is 0 Å². The maximum Gasteiger partial charge on any atom is 0.255 e. The number of nitrogens with one attached hydrogen (secondary N) is 1. The van der Waals surface area contributed by atoms with E-state index in [4.69, 9.17) is 5.73 Å². The molecular formula is C7H14F2N2O. The summed E-state index contributed by atoms with van der Waals surface area (Å²) in [6, 6.07) is -0.705. The number of amides is 1. The van der Waals surface area contributed by atoms with Crippen LogP contribution in [-0.2, 0) is 4.79 Å². The van der Waals surface area contributed by atoms with Crippen LogP contribution >= 0.6 is 0 Å². The molecule has 0 aliphatic carbocycles. The molecule has 3 N–H and O–H groups in total. The van der Waals surface area contributed by atoms with Crippen LogP contribution in [0.4, 0.5) is 8.78 Å². The maximum absolute atomic E-state index is 11.6. The fourth-order valence-electron chi connectivity index (χ4n) is 0.598. The average Bonchev–Trinajstić information content (AvgIpc) is 1.98. The Bertz CT molecular complexity index is 150. The number of carbonyl (C=O) groups excluding carboxylic acids is 1. The molecule has 0 radical (unpaired) electrons. The second kappa shape index (κ2) is 5.03. The van der Waals surface area contributed by atoms with Crippen molar-refractivity contribution in [3.8, 4) is 0 Å². The number of hydrogen-bond acceptors (Lipinski definition) is 2. The molecule has 0 aromatic rings. The number of halogens is 2. The van der Waals surface area contributed by atoms with Crippen LogP contribution in [0.15, 0.2) is 0 Å². The first-order valence-corrected chi connectivity index (χ1v) is 3.76. The molecule has 1 unspecified atom stereocenters. The Morgan fingerprint density at radius 1 is 1.50 bits per heavy atom. The SMILES string of the molecule is CC(C)C(N)C(=O)NCC(F)F. The Morgan fingerprint density at radius 3 is 2.33 bits per heavy atom. The minimum Gasteiger partial charge on any atom is -0.349 e. The predicted molar refractivity (Wildman–Crippen MR) is 41.8 cm³/mol. The van der Waals surface area contributed by atoms with Crippen LogP contribution in [0.2, 0.25) is 0 Å². The third-order valence-corrected chi connectivity index (χ3v) is 1.45. The van der Waals surface area contributed by atoms with Gasteiger partial charge in [0.25, 0.3) is 6.43 Å². The highest BCUT2D eigenvalue weighted by Crippen LogP contribution is 1.98. The van der Waals surface area contributed by atoms with Gasteiger partial charge in [0.1, 0.15) is 0 Å². The quantitative estimate of drug-likeness (QED) is 0.656. The largest absolute Gasteiger partial charge is 0.349 e. The van der Waals surface area contributed by atoms with Gasteiger partial charge in [0.15, 0.2) is 0 Å². The van der Waals surface area contributed by atoms with Gasteiger partial charge in [-0.15, -0.1) is 0 Å². The molecule has 0 saturated heterocycles. The molecule has 1 amide bonds. The van der Waals surface area contributed by atoms with Crippen molar-refractivity contribution in [1.82, 2.24) is 5.32 Å². The monoisotopic (exact) mass is 180 g/mol. The molecule has 0 fully saturated rings. The first kappa shape index (κ1) is 11.3. The van der Waals surface area contributed by atoms with E-state index in [9.17, 15) is 13.6 Å². The van der Waals surface area contributed by atoms with E-state index in [1.807, 2.05) is 5.32 Å². The summed E-state index contributed by atoms with van der Waals surface area (Å²) in [5.74, 6) is -0.562. The second-order valence-electron chi connectivity index (χ2n) is 2.91. The van der Waals surface area contributed by atoms with Gasteiger partial charge in [-0.2, -0.15) is 0 Å². The molecule has 12 heavy (non-hydrogen) atoms. The summed E-state index contributed by atoms with van der Waals surface area (Å²) in [5.41, 5.74) is 5.39. The van der Waals surface area contributed by atoms with E-state index >= 15 is 0 Å². The molecule has 1 atom stereocenters. The van der Waals surface area contributed by atoms with Crippen molar-refractivity contribution in [1.29, 1.82) is 0 Å². The minimum atomic E-state index is -2.52. The first-order chi connectivity index (χ1) is 5.45. The maximum atomic E-state index is 11.6. The normalized spacial score (nSPS) is 13.6. The van der Waals surface area contributed by atoms with E-state index in [0.29, 0.717) is 0 Å². The van der Waals surface area contributed by atoms with Gasteiger partial charge in [-0.3, -0.25) is 4.79 Å². The van der Waals surface area contributed by atoms with Gasteiger partial charge in [0, 0.05) is 0 Å². The highest BCUT2D eigenvalue weighted by molar-refractivity contribution is 5.81. The lowest BCUT2D eigenvalue weighted by atomic mass is 10.1. The van der Waals surface area contributed by atoms with Gasteiger partial charge in [0.05, 0.1) is 12.6 Å². The van der Waals surface area contributed by atoms with Crippen LogP contribution in [0.5, 0.6) is 0 Å². The Labute approximate surface area is 70.3 Å². The zero-order chi connectivity index (χ0) is 9.72. The number of rotatable bonds is 4. The summed E-state index contributed by atoms with van der Waals surface area (Å²) in [5, 5.41) is 2.05. The topological polar surface area (TPSA) is 55.1 Å². The smallest absolute Gasteiger partial charge is 0.255 e. The number of nitrogens with two attached hydrogens (primary N) is 1. The molecule has 5 heteroatoms. The first-order valence-electron chi connectivity index (χ1n) is 3.76. The summed E-state index contributed by atoms with van der Waals surface area (Å²) in [7, 11) is 0. The zero-order valence-corrected chi connectivity index (χ0v) is 7.18.